The molecule has 1 unspecified atom stereocenters. The highest BCUT2D eigenvalue weighted by molar-refractivity contribution is 5.83. The van der Waals surface area contributed by atoms with Gasteiger partial charge >= 0.3 is 5.97 Å². The van der Waals surface area contributed by atoms with Crippen LogP contribution in [-0.4, -0.2) is 45.9 Å². The molecule has 0 amide bonds. The molecule has 0 aliphatic carbocycles. The Kier molecular flexibility index (Phi) is 5.88. The molecule has 0 aliphatic heterocycles. The molecule has 0 aliphatic rings. The summed E-state index contributed by atoms with van der Waals surface area (Å²) in [7, 11) is 0. The van der Waals surface area contributed by atoms with E-state index in [9.17, 15) is 4.79 Å². The Hall–Kier alpha value is -2.84. The monoisotopic (exact) mass is 354 g/mol. The van der Waals surface area contributed by atoms with E-state index in [0.717, 1.165) is 16.3 Å². The van der Waals surface area contributed by atoms with Crippen LogP contribution in [0.25, 0.3) is 10.8 Å². The van der Waals surface area contributed by atoms with Crippen molar-refractivity contribution >= 4 is 16.7 Å². The smallest absolute Gasteiger partial charge is 0.327 e. The van der Waals surface area contributed by atoms with Crippen molar-refractivity contribution in [3.8, 4) is 0 Å². The molecule has 2 aromatic carbocycles. The van der Waals surface area contributed by atoms with Crippen molar-refractivity contribution in [3.05, 3.63) is 53.9 Å². The minimum Gasteiger partial charge on any atom is -0.465 e. The van der Waals surface area contributed by atoms with Crippen LogP contribution in [0.1, 0.15) is 24.4 Å². The third-order valence-electron chi connectivity index (χ3n) is 4.00. The van der Waals surface area contributed by atoms with Crippen molar-refractivity contribution in [1.29, 1.82) is 0 Å². The van der Waals surface area contributed by atoms with Crippen LogP contribution >= 0.6 is 0 Å². The SMILES string of the molecule is CCOC(=O)Cn1nnnc1C(NCCN)c1ccc2ccccc2c1. The topological polar surface area (TPSA) is 108 Å². The van der Waals surface area contributed by atoms with E-state index in [0.29, 0.717) is 25.5 Å². The molecule has 136 valence electrons. The van der Waals surface area contributed by atoms with Crippen molar-refractivity contribution in [2.24, 2.45) is 5.73 Å². The maximum absolute atomic E-state index is 11.8. The second-order valence-electron chi connectivity index (χ2n) is 5.78. The summed E-state index contributed by atoms with van der Waals surface area (Å²) in [4.78, 5) is 11.8. The summed E-state index contributed by atoms with van der Waals surface area (Å²) >= 11 is 0. The zero-order chi connectivity index (χ0) is 18.4. The molecular formula is C18H22N6O2. The van der Waals surface area contributed by atoms with E-state index in [2.05, 4.69) is 45.1 Å². The Bertz CT molecular complexity index is 879. The lowest BCUT2D eigenvalue weighted by Crippen LogP contribution is -2.31. The van der Waals surface area contributed by atoms with Gasteiger partial charge in [-0.25, -0.2) is 4.68 Å². The number of hydrogen-bond acceptors (Lipinski definition) is 7. The zero-order valence-electron chi connectivity index (χ0n) is 14.6. The number of carbonyl (C=O) groups is 1. The quantitative estimate of drug-likeness (QED) is 0.582. The third-order valence-corrected chi connectivity index (χ3v) is 4.00. The fourth-order valence-corrected chi connectivity index (χ4v) is 2.83. The first-order valence-corrected chi connectivity index (χ1v) is 8.56. The normalized spacial score (nSPS) is 12.2. The number of nitrogens with one attached hydrogen (secondary N) is 1. The molecule has 0 spiro atoms. The molecule has 0 fully saturated rings. The number of esters is 1. The third kappa shape index (κ3) is 4.04. The maximum Gasteiger partial charge on any atom is 0.327 e. The van der Waals surface area contributed by atoms with Gasteiger partial charge in [0.2, 0.25) is 0 Å². The van der Waals surface area contributed by atoms with Gasteiger partial charge in [0.1, 0.15) is 6.54 Å². The van der Waals surface area contributed by atoms with Gasteiger partial charge < -0.3 is 15.8 Å². The maximum atomic E-state index is 11.8. The first kappa shape index (κ1) is 18.0. The highest BCUT2D eigenvalue weighted by Gasteiger charge is 2.22. The minimum absolute atomic E-state index is 0.0371. The molecule has 0 bridgehead atoms. The second-order valence-corrected chi connectivity index (χ2v) is 5.78. The largest absolute Gasteiger partial charge is 0.465 e. The number of nitrogens with two attached hydrogens (primary N) is 1. The van der Waals surface area contributed by atoms with E-state index >= 15 is 0 Å². The van der Waals surface area contributed by atoms with E-state index in [1.165, 1.54) is 4.68 Å². The van der Waals surface area contributed by atoms with Crippen LogP contribution < -0.4 is 11.1 Å². The first-order valence-electron chi connectivity index (χ1n) is 8.56. The van der Waals surface area contributed by atoms with Crippen molar-refractivity contribution in [3.63, 3.8) is 0 Å². The second kappa shape index (κ2) is 8.50. The van der Waals surface area contributed by atoms with Gasteiger partial charge in [-0.05, 0) is 39.8 Å². The van der Waals surface area contributed by atoms with E-state index in [-0.39, 0.29) is 18.6 Å². The van der Waals surface area contributed by atoms with Crippen molar-refractivity contribution in [1.82, 2.24) is 25.5 Å². The summed E-state index contributed by atoms with van der Waals surface area (Å²) in [6.07, 6.45) is 0. The number of tetrazole rings is 1. The minimum atomic E-state index is -0.378. The number of benzene rings is 2. The average Bonchev–Trinajstić information content (AvgIpc) is 3.10. The predicted octanol–water partition coefficient (Wildman–Crippen LogP) is 1.03. The molecular weight excluding hydrogens is 332 g/mol. The number of nitrogens with zero attached hydrogens (tertiary/aromatic N) is 4. The molecule has 0 saturated heterocycles. The lowest BCUT2D eigenvalue weighted by atomic mass is 10.0. The zero-order valence-corrected chi connectivity index (χ0v) is 14.6. The van der Waals surface area contributed by atoms with E-state index in [4.69, 9.17) is 10.5 Å². The van der Waals surface area contributed by atoms with Gasteiger partial charge in [-0.1, -0.05) is 36.4 Å². The summed E-state index contributed by atoms with van der Waals surface area (Å²) in [6, 6.07) is 14.0. The Morgan fingerprint density at radius 2 is 2.08 bits per heavy atom. The Morgan fingerprint density at radius 3 is 2.85 bits per heavy atom. The molecule has 26 heavy (non-hydrogen) atoms. The number of aromatic nitrogens is 4. The van der Waals surface area contributed by atoms with E-state index in [1.807, 2.05) is 18.2 Å². The van der Waals surface area contributed by atoms with Gasteiger partial charge in [-0.2, -0.15) is 0 Å². The van der Waals surface area contributed by atoms with E-state index < -0.39 is 0 Å². The summed E-state index contributed by atoms with van der Waals surface area (Å²) in [5.74, 6) is 0.166. The lowest BCUT2D eigenvalue weighted by molar-refractivity contribution is -0.144. The Labute approximate surface area is 151 Å². The summed E-state index contributed by atoms with van der Waals surface area (Å²) < 4.78 is 6.46. The predicted molar refractivity (Wildman–Crippen MR) is 97.3 cm³/mol. The number of hydrogen-bond donors (Lipinski definition) is 2. The summed E-state index contributed by atoms with van der Waals surface area (Å²) in [5, 5.41) is 17.4. The van der Waals surface area contributed by atoms with Gasteiger partial charge in [0.05, 0.1) is 12.6 Å². The Morgan fingerprint density at radius 1 is 1.27 bits per heavy atom. The first-order chi connectivity index (χ1) is 12.7. The summed E-state index contributed by atoms with van der Waals surface area (Å²) in [5.41, 5.74) is 6.66. The molecule has 1 heterocycles. The molecule has 1 aromatic heterocycles. The van der Waals surface area contributed by atoms with Crippen LogP contribution in [0.4, 0.5) is 0 Å². The van der Waals surface area contributed by atoms with Crippen LogP contribution in [0.5, 0.6) is 0 Å². The molecule has 1 atom stereocenters. The lowest BCUT2D eigenvalue weighted by Gasteiger charge is -2.18. The molecule has 8 heteroatoms. The fraction of sp³-hybridized carbons (Fsp3) is 0.333. The van der Waals surface area contributed by atoms with Crippen LogP contribution in [0.15, 0.2) is 42.5 Å². The average molecular weight is 354 g/mol. The van der Waals surface area contributed by atoms with Crippen LogP contribution in [0.3, 0.4) is 0 Å². The fourth-order valence-electron chi connectivity index (χ4n) is 2.83. The number of carbonyl (C=O) groups excluding carboxylic acids is 1. The molecule has 3 rings (SSSR count). The number of rotatable bonds is 8. The van der Waals surface area contributed by atoms with Crippen LogP contribution in [0.2, 0.25) is 0 Å². The molecule has 0 saturated carbocycles. The molecule has 3 N–H and O–H groups in total. The highest BCUT2D eigenvalue weighted by atomic mass is 16.5. The number of fused-ring (bicyclic) bond motifs is 1. The van der Waals surface area contributed by atoms with Gasteiger partial charge in [-0.15, -0.1) is 5.10 Å². The van der Waals surface area contributed by atoms with Gasteiger partial charge in [0, 0.05) is 13.1 Å². The standard InChI is InChI=1S/C18H22N6O2/c1-2-26-16(25)12-24-18(21-22-23-24)17(20-10-9-19)15-8-7-13-5-3-4-6-14(13)11-15/h3-8,11,17,20H,2,9-10,12,19H2,1H3. The molecule has 8 nitrogen and oxygen atoms in total. The molecule has 0 radical (unpaired) electrons. The number of ether oxygens (including phenoxy) is 1. The van der Waals surface area contributed by atoms with Crippen LogP contribution in [0, 0.1) is 0 Å². The van der Waals surface area contributed by atoms with Gasteiger partial charge in [-0.3, -0.25) is 4.79 Å². The summed E-state index contributed by atoms with van der Waals surface area (Å²) in [6.45, 7) is 3.10. The van der Waals surface area contributed by atoms with Gasteiger partial charge in [0.25, 0.3) is 0 Å². The van der Waals surface area contributed by atoms with Crippen molar-refractivity contribution < 1.29 is 9.53 Å². The van der Waals surface area contributed by atoms with Crippen molar-refractivity contribution in [2.45, 2.75) is 19.5 Å². The Balaban J connectivity index is 1.95. The van der Waals surface area contributed by atoms with E-state index in [1.54, 1.807) is 6.92 Å². The highest BCUT2D eigenvalue weighted by Crippen LogP contribution is 2.24. The molecule has 3 aromatic rings. The van der Waals surface area contributed by atoms with Gasteiger partial charge in [0.15, 0.2) is 5.82 Å². The van der Waals surface area contributed by atoms with Crippen LogP contribution in [-0.2, 0) is 16.1 Å². The van der Waals surface area contributed by atoms with Crippen molar-refractivity contribution in [2.75, 3.05) is 19.7 Å².